The van der Waals surface area contributed by atoms with Gasteiger partial charge in [0.05, 0.1) is 32.8 Å². The van der Waals surface area contributed by atoms with Crippen LogP contribution in [0.1, 0.15) is 13.8 Å². The number of phosphoric ester groups is 1. The zero-order chi connectivity index (χ0) is 23.9. The number of amides is 3. The Bertz CT molecular complexity index is 688. The van der Waals surface area contributed by atoms with Crippen molar-refractivity contribution in [1.29, 1.82) is 0 Å². The SMILES string of the molecule is CC(=O)OCC(COP(=O)(O)OCCNC(=O)CNC(=O)CNC(=O)CN)OC(C)=O. The number of nitrogens with two attached hydrogens (primary N) is 1. The number of carbonyl (C=O) groups excluding carboxylic acids is 5. The summed E-state index contributed by atoms with van der Waals surface area (Å²) < 4.78 is 30.6. The van der Waals surface area contributed by atoms with Crippen LogP contribution in [0.5, 0.6) is 0 Å². The molecule has 15 nitrogen and oxygen atoms in total. The Kier molecular flexibility index (Phi) is 14.0. The third kappa shape index (κ3) is 16.9. The number of carbonyl (C=O) groups is 5. The average molecular weight is 470 g/mol. The van der Waals surface area contributed by atoms with Crippen LogP contribution in [0.2, 0.25) is 0 Å². The minimum absolute atomic E-state index is 0.187. The van der Waals surface area contributed by atoms with Crippen LogP contribution in [0.3, 0.4) is 0 Å². The van der Waals surface area contributed by atoms with Crippen molar-refractivity contribution in [3.63, 3.8) is 0 Å². The number of hydrogen-bond donors (Lipinski definition) is 5. The normalized spacial score (nSPS) is 13.3. The Labute approximate surface area is 177 Å². The van der Waals surface area contributed by atoms with Gasteiger partial charge in [-0.15, -0.1) is 0 Å². The van der Waals surface area contributed by atoms with Crippen molar-refractivity contribution in [2.75, 3.05) is 46.0 Å². The number of ether oxygens (including phenoxy) is 2. The van der Waals surface area contributed by atoms with Crippen molar-refractivity contribution >= 4 is 37.5 Å². The lowest BCUT2D eigenvalue weighted by Gasteiger charge is -2.18. The predicted molar refractivity (Wildman–Crippen MR) is 102 cm³/mol. The summed E-state index contributed by atoms with van der Waals surface area (Å²) >= 11 is 0. The van der Waals surface area contributed by atoms with Crippen LogP contribution >= 0.6 is 7.82 Å². The van der Waals surface area contributed by atoms with Crippen LogP contribution in [-0.4, -0.2) is 86.7 Å². The van der Waals surface area contributed by atoms with Crippen molar-refractivity contribution in [3.8, 4) is 0 Å². The van der Waals surface area contributed by atoms with Gasteiger partial charge in [-0.3, -0.25) is 33.0 Å². The number of esters is 2. The lowest BCUT2D eigenvalue weighted by Crippen LogP contribution is -2.43. The maximum atomic E-state index is 11.8. The molecule has 0 saturated heterocycles. The van der Waals surface area contributed by atoms with E-state index < -0.39 is 63.3 Å². The fraction of sp³-hybridized carbons (Fsp3) is 0.667. The standard InChI is InChI=1S/C15H27N4O11P/c1-10(20)27-8-12(30-11(2)21)9-29-31(25,26)28-4-3-17-14(23)6-19-15(24)7-18-13(22)5-16/h12H,3-9,16H2,1-2H3,(H,17,23)(H,18,22)(H,19,24)(H,25,26). The van der Waals surface area contributed by atoms with Crippen molar-refractivity contribution in [2.45, 2.75) is 20.0 Å². The molecule has 0 aliphatic heterocycles. The van der Waals surface area contributed by atoms with Gasteiger partial charge in [-0.05, 0) is 0 Å². The van der Waals surface area contributed by atoms with E-state index in [1.165, 1.54) is 0 Å². The monoisotopic (exact) mass is 470 g/mol. The molecule has 0 aromatic carbocycles. The molecule has 2 atom stereocenters. The summed E-state index contributed by atoms with van der Waals surface area (Å²) in [7, 11) is -4.55. The van der Waals surface area contributed by atoms with Gasteiger partial charge in [0.2, 0.25) is 17.7 Å². The molecule has 0 fully saturated rings. The molecule has 0 heterocycles. The summed E-state index contributed by atoms with van der Waals surface area (Å²) in [6, 6.07) is 0. The second kappa shape index (κ2) is 15.3. The highest BCUT2D eigenvalue weighted by atomic mass is 31.2. The van der Waals surface area contributed by atoms with Crippen molar-refractivity contribution in [2.24, 2.45) is 5.73 Å². The minimum atomic E-state index is -4.55. The third-order valence-corrected chi connectivity index (χ3v) is 3.97. The Morgan fingerprint density at radius 2 is 1.48 bits per heavy atom. The quantitative estimate of drug-likeness (QED) is 0.0913. The summed E-state index contributed by atoms with van der Waals surface area (Å²) in [5.74, 6) is -3.12. The number of rotatable bonds is 15. The first kappa shape index (κ1) is 28.4. The minimum Gasteiger partial charge on any atom is -0.462 e. The van der Waals surface area contributed by atoms with Crippen LogP contribution in [0.4, 0.5) is 0 Å². The fourth-order valence-electron chi connectivity index (χ4n) is 1.68. The summed E-state index contributed by atoms with van der Waals surface area (Å²) in [6.07, 6.45) is -1.12. The average Bonchev–Trinajstić information content (AvgIpc) is 2.69. The molecule has 0 aliphatic carbocycles. The largest absolute Gasteiger partial charge is 0.472 e. The highest BCUT2D eigenvalue weighted by Gasteiger charge is 2.25. The molecule has 0 bridgehead atoms. The van der Waals surface area contributed by atoms with Gasteiger partial charge >= 0.3 is 19.8 Å². The van der Waals surface area contributed by atoms with Crippen molar-refractivity contribution in [1.82, 2.24) is 16.0 Å². The summed E-state index contributed by atoms with van der Waals surface area (Å²) in [4.78, 5) is 65.3. The van der Waals surface area contributed by atoms with Crippen molar-refractivity contribution in [3.05, 3.63) is 0 Å². The van der Waals surface area contributed by atoms with Gasteiger partial charge in [0.15, 0.2) is 6.10 Å². The van der Waals surface area contributed by atoms with Crippen LogP contribution in [0, 0.1) is 0 Å². The first-order valence-electron chi connectivity index (χ1n) is 8.87. The first-order valence-corrected chi connectivity index (χ1v) is 10.4. The van der Waals surface area contributed by atoms with Gasteiger partial charge in [-0.2, -0.15) is 0 Å². The highest BCUT2D eigenvalue weighted by Crippen LogP contribution is 2.43. The second-order valence-electron chi connectivity index (χ2n) is 5.74. The number of nitrogens with one attached hydrogen (secondary N) is 3. The predicted octanol–water partition coefficient (Wildman–Crippen LogP) is -3.08. The van der Waals surface area contributed by atoms with E-state index in [1.807, 2.05) is 0 Å². The Morgan fingerprint density at radius 3 is 2.03 bits per heavy atom. The lowest BCUT2D eigenvalue weighted by atomic mass is 10.4. The Hall–Kier alpha value is -2.58. The van der Waals surface area contributed by atoms with E-state index in [0.717, 1.165) is 13.8 Å². The van der Waals surface area contributed by atoms with E-state index in [9.17, 15) is 33.4 Å². The molecule has 6 N–H and O–H groups in total. The molecule has 0 aromatic rings. The van der Waals surface area contributed by atoms with Gasteiger partial charge in [-0.25, -0.2) is 4.57 Å². The molecule has 2 unspecified atom stereocenters. The van der Waals surface area contributed by atoms with Gasteiger partial charge < -0.3 is 36.1 Å². The molecule has 16 heteroatoms. The molecule has 0 rings (SSSR count). The number of hydrogen-bond acceptors (Lipinski definition) is 11. The number of phosphoric acid groups is 1. The van der Waals surface area contributed by atoms with E-state index in [4.69, 9.17) is 10.5 Å². The van der Waals surface area contributed by atoms with Crippen LogP contribution in [0.15, 0.2) is 0 Å². The summed E-state index contributed by atoms with van der Waals surface area (Å²) in [5, 5.41) is 6.76. The molecule has 0 aliphatic rings. The zero-order valence-corrected chi connectivity index (χ0v) is 18.0. The van der Waals surface area contributed by atoms with Crippen LogP contribution < -0.4 is 21.7 Å². The summed E-state index contributed by atoms with van der Waals surface area (Å²) in [6.45, 7) is -0.360. The summed E-state index contributed by atoms with van der Waals surface area (Å²) in [5.41, 5.74) is 5.05. The molecule has 31 heavy (non-hydrogen) atoms. The van der Waals surface area contributed by atoms with Gasteiger partial charge in [-0.1, -0.05) is 0 Å². The molecular formula is C15H27N4O11P. The van der Waals surface area contributed by atoms with Crippen LogP contribution in [-0.2, 0) is 47.1 Å². The molecule has 3 amide bonds. The Balaban J connectivity index is 4.13. The van der Waals surface area contributed by atoms with Gasteiger partial charge in [0, 0.05) is 20.4 Å². The van der Waals surface area contributed by atoms with E-state index in [2.05, 4.69) is 29.7 Å². The zero-order valence-electron chi connectivity index (χ0n) is 17.1. The second-order valence-corrected chi connectivity index (χ2v) is 7.19. The van der Waals surface area contributed by atoms with Crippen LogP contribution in [0.25, 0.3) is 0 Å². The van der Waals surface area contributed by atoms with E-state index in [1.54, 1.807) is 0 Å². The molecule has 0 aromatic heterocycles. The lowest BCUT2D eigenvalue weighted by molar-refractivity contribution is -0.158. The first-order chi connectivity index (χ1) is 14.4. The Morgan fingerprint density at radius 1 is 0.903 bits per heavy atom. The highest BCUT2D eigenvalue weighted by molar-refractivity contribution is 7.47. The van der Waals surface area contributed by atoms with E-state index in [0.29, 0.717) is 0 Å². The third-order valence-electron chi connectivity index (χ3n) is 2.98. The molecule has 0 radical (unpaired) electrons. The fourth-order valence-corrected chi connectivity index (χ4v) is 2.43. The smallest absolute Gasteiger partial charge is 0.462 e. The van der Waals surface area contributed by atoms with Gasteiger partial charge in [0.1, 0.15) is 6.61 Å². The van der Waals surface area contributed by atoms with Gasteiger partial charge in [0.25, 0.3) is 0 Å². The van der Waals surface area contributed by atoms with E-state index >= 15 is 0 Å². The van der Waals surface area contributed by atoms with Crippen molar-refractivity contribution < 1.29 is 52.0 Å². The molecular weight excluding hydrogens is 443 g/mol. The molecule has 178 valence electrons. The molecule has 0 saturated carbocycles. The van der Waals surface area contributed by atoms with E-state index in [-0.39, 0.29) is 26.2 Å². The maximum absolute atomic E-state index is 11.8. The topological polar surface area (TPSA) is 222 Å². The molecule has 0 spiro atoms. The maximum Gasteiger partial charge on any atom is 0.472 e.